The molecule has 0 spiro atoms. The van der Waals surface area contributed by atoms with E-state index in [1.807, 2.05) is 31.4 Å². The van der Waals surface area contributed by atoms with Crippen LogP contribution in [0.4, 0.5) is 5.69 Å². The number of hydrogen-bond acceptors (Lipinski definition) is 5. The second-order valence-corrected chi connectivity index (χ2v) is 5.76. The molecule has 1 aromatic carbocycles. The van der Waals surface area contributed by atoms with E-state index in [2.05, 4.69) is 10.4 Å². The molecule has 0 saturated carbocycles. The minimum absolute atomic E-state index is 0.0256. The van der Waals surface area contributed by atoms with Crippen LogP contribution in [0, 0.1) is 13.8 Å². The number of nitrogens with two attached hydrogens (primary N) is 1. The van der Waals surface area contributed by atoms with E-state index in [-0.39, 0.29) is 5.91 Å². The summed E-state index contributed by atoms with van der Waals surface area (Å²) in [5.74, 6) is 5.36. The van der Waals surface area contributed by atoms with Crippen molar-refractivity contribution in [1.82, 2.24) is 9.88 Å². The molecule has 0 atom stereocenters. The first-order valence-electron chi connectivity index (χ1n) is 6.25. The highest BCUT2D eigenvalue weighted by atomic mass is 32.1. The van der Waals surface area contributed by atoms with E-state index in [0.29, 0.717) is 12.1 Å². The predicted octanol–water partition coefficient (Wildman–Crippen LogP) is 2.32. The van der Waals surface area contributed by atoms with E-state index in [9.17, 15) is 4.79 Å². The lowest BCUT2D eigenvalue weighted by molar-refractivity contribution is 0.0783. The molecule has 0 aliphatic rings. The predicted molar refractivity (Wildman–Crippen MR) is 81.6 cm³/mol. The number of amides is 1. The van der Waals surface area contributed by atoms with E-state index < -0.39 is 0 Å². The Balaban J connectivity index is 2.12. The number of thiazole rings is 1. The number of nitrogens with zero attached hydrogens (tertiary/aromatic N) is 2. The number of nitrogen functional groups attached to an aromatic ring is 1. The molecule has 0 unspecified atom stereocenters. The fourth-order valence-corrected chi connectivity index (χ4v) is 2.58. The summed E-state index contributed by atoms with van der Waals surface area (Å²) >= 11 is 1.59. The molecule has 0 saturated heterocycles. The fraction of sp³-hybridized carbons (Fsp3) is 0.286. The number of anilines is 1. The van der Waals surface area contributed by atoms with Crippen molar-refractivity contribution in [3.8, 4) is 0 Å². The molecule has 0 radical (unpaired) electrons. The molecule has 3 N–H and O–H groups in total. The number of benzene rings is 1. The maximum Gasteiger partial charge on any atom is 0.253 e. The molecule has 2 aromatic rings. The Morgan fingerprint density at radius 3 is 2.75 bits per heavy atom. The number of carbonyl (C=O) groups excluding carboxylic acids is 1. The number of rotatable bonds is 4. The molecule has 1 amide bonds. The average Bonchev–Trinajstić information content (AvgIpc) is 2.83. The van der Waals surface area contributed by atoms with Crippen LogP contribution in [0.3, 0.4) is 0 Å². The maximum atomic E-state index is 12.4. The third kappa shape index (κ3) is 3.15. The number of carbonyl (C=O) groups is 1. The van der Waals surface area contributed by atoms with Gasteiger partial charge in [0.2, 0.25) is 0 Å². The third-order valence-electron chi connectivity index (χ3n) is 3.04. The molecule has 0 aliphatic carbocycles. The molecule has 1 aromatic heterocycles. The molecule has 6 heteroatoms. The van der Waals surface area contributed by atoms with Gasteiger partial charge in [0.1, 0.15) is 0 Å². The number of aromatic nitrogens is 1. The van der Waals surface area contributed by atoms with Crippen molar-refractivity contribution >= 4 is 22.9 Å². The minimum atomic E-state index is -0.0256. The number of aryl methyl sites for hydroxylation is 2. The molecule has 106 valence electrons. The quantitative estimate of drug-likeness (QED) is 0.669. The van der Waals surface area contributed by atoms with Gasteiger partial charge in [0, 0.05) is 18.0 Å². The number of hydrogen-bond donors (Lipinski definition) is 2. The molecule has 20 heavy (non-hydrogen) atoms. The summed E-state index contributed by atoms with van der Waals surface area (Å²) in [4.78, 5) is 18.4. The van der Waals surface area contributed by atoms with Crippen molar-refractivity contribution in [1.29, 1.82) is 0 Å². The van der Waals surface area contributed by atoms with Gasteiger partial charge in [-0.25, -0.2) is 4.98 Å². The van der Waals surface area contributed by atoms with Gasteiger partial charge in [-0.3, -0.25) is 10.6 Å². The van der Waals surface area contributed by atoms with Gasteiger partial charge in [-0.1, -0.05) is 0 Å². The van der Waals surface area contributed by atoms with Crippen molar-refractivity contribution in [2.45, 2.75) is 20.4 Å². The van der Waals surface area contributed by atoms with Crippen LogP contribution in [0.25, 0.3) is 0 Å². The van der Waals surface area contributed by atoms with Gasteiger partial charge < -0.3 is 10.3 Å². The summed E-state index contributed by atoms with van der Waals surface area (Å²) in [7, 11) is 1.78. The zero-order valence-electron chi connectivity index (χ0n) is 11.8. The van der Waals surface area contributed by atoms with Crippen LogP contribution in [0.2, 0.25) is 0 Å². The molecule has 2 rings (SSSR count). The van der Waals surface area contributed by atoms with Crippen LogP contribution in [0.1, 0.15) is 26.6 Å². The van der Waals surface area contributed by atoms with Gasteiger partial charge >= 0.3 is 0 Å². The van der Waals surface area contributed by atoms with Crippen LogP contribution in [0.15, 0.2) is 23.6 Å². The summed E-state index contributed by atoms with van der Waals surface area (Å²) in [5, 5.41) is 2.99. The van der Waals surface area contributed by atoms with E-state index >= 15 is 0 Å². The Bertz CT molecular complexity index is 623. The standard InChI is InChI=1S/C14H18N4OS/c1-9-6-11(4-5-13(9)17-15)14(19)18(3)7-12-8-20-10(2)16-12/h4-6,8,17H,7,15H2,1-3H3. The molecule has 0 aliphatic heterocycles. The number of hydrazine groups is 1. The summed E-state index contributed by atoms with van der Waals surface area (Å²) in [6.07, 6.45) is 0. The first-order chi connectivity index (χ1) is 9.51. The highest BCUT2D eigenvalue weighted by Crippen LogP contribution is 2.17. The van der Waals surface area contributed by atoms with Gasteiger partial charge in [-0.05, 0) is 37.6 Å². The monoisotopic (exact) mass is 290 g/mol. The molecule has 5 nitrogen and oxygen atoms in total. The lowest BCUT2D eigenvalue weighted by Gasteiger charge is -2.17. The zero-order chi connectivity index (χ0) is 14.7. The zero-order valence-corrected chi connectivity index (χ0v) is 12.6. The maximum absolute atomic E-state index is 12.4. The lowest BCUT2D eigenvalue weighted by Crippen LogP contribution is -2.26. The fourth-order valence-electron chi connectivity index (χ4n) is 1.97. The van der Waals surface area contributed by atoms with Crippen LogP contribution in [0.5, 0.6) is 0 Å². The third-order valence-corrected chi connectivity index (χ3v) is 3.86. The Morgan fingerprint density at radius 1 is 1.45 bits per heavy atom. The molecular weight excluding hydrogens is 272 g/mol. The van der Waals surface area contributed by atoms with Gasteiger partial charge in [0.15, 0.2) is 0 Å². The van der Waals surface area contributed by atoms with E-state index in [4.69, 9.17) is 5.84 Å². The van der Waals surface area contributed by atoms with Crippen molar-refractivity contribution < 1.29 is 4.79 Å². The first-order valence-corrected chi connectivity index (χ1v) is 7.13. The first kappa shape index (κ1) is 14.5. The summed E-state index contributed by atoms with van der Waals surface area (Å²) in [6, 6.07) is 5.41. The normalized spacial score (nSPS) is 10.4. The minimum Gasteiger partial charge on any atom is -0.336 e. The summed E-state index contributed by atoms with van der Waals surface area (Å²) in [5.41, 5.74) is 5.93. The Morgan fingerprint density at radius 2 is 2.20 bits per heavy atom. The smallest absolute Gasteiger partial charge is 0.253 e. The van der Waals surface area contributed by atoms with E-state index in [0.717, 1.165) is 22.0 Å². The SMILES string of the molecule is Cc1nc(CN(C)C(=O)c2ccc(NN)c(C)c2)cs1. The van der Waals surface area contributed by atoms with Crippen LogP contribution in [-0.4, -0.2) is 22.8 Å². The van der Waals surface area contributed by atoms with Crippen LogP contribution < -0.4 is 11.3 Å². The highest BCUT2D eigenvalue weighted by Gasteiger charge is 2.14. The van der Waals surface area contributed by atoms with E-state index in [1.54, 1.807) is 29.4 Å². The second-order valence-electron chi connectivity index (χ2n) is 4.69. The average molecular weight is 290 g/mol. The van der Waals surface area contributed by atoms with Crippen molar-refractivity contribution in [2.75, 3.05) is 12.5 Å². The van der Waals surface area contributed by atoms with Crippen molar-refractivity contribution in [3.63, 3.8) is 0 Å². The van der Waals surface area contributed by atoms with Crippen LogP contribution >= 0.6 is 11.3 Å². The summed E-state index contributed by atoms with van der Waals surface area (Å²) in [6.45, 7) is 4.38. The van der Waals surface area contributed by atoms with Gasteiger partial charge in [-0.2, -0.15) is 0 Å². The molecule has 0 bridgehead atoms. The van der Waals surface area contributed by atoms with Crippen molar-refractivity contribution in [3.05, 3.63) is 45.4 Å². The Kier molecular flexibility index (Phi) is 4.36. The molecule has 0 fully saturated rings. The molecule has 1 heterocycles. The topological polar surface area (TPSA) is 71.2 Å². The van der Waals surface area contributed by atoms with Crippen LogP contribution in [-0.2, 0) is 6.54 Å². The van der Waals surface area contributed by atoms with E-state index in [1.165, 1.54) is 0 Å². The Hall–Kier alpha value is -1.92. The van der Waals surface area contributed by atoms with Gasteiger partial charge in [0.25, 0.3) is 5.91 Å². The highest BCUT2D eigenvalue weighted by molar-refractivity contribution is 7.09. The largest absolute Gasteiger partial charge is 0.336 e. The number of nitrogens with one attached hydrogen (secondary N) is 1. The summed E-state index contributed by atoms with van der Waals surface area (Å²) < 4.78 is 0. The van der Waals surface area contributed by atoms with Gasteiger partial charge in [-0.15, -0.1) is 11.3 Å². The molecular formula is C14H18N4OS. The van der Waals surface area contributed by atoms with Gasteiger partial charge in [0.05, 0.1) is 22.9 Å². The second kappa shape index (κ2) is 6.02. The van der Waals surface area contributed by atoms with Crippen molar-refractivity contribution in [2.24, 2.45) is 5.84 Å². The lowest BCUT2D eigenvalue weighted by atomic mass is 10.1. The Labute approximate surface area is 122 Å².